The Balaban J connectivity index is 4.54. The lowest BCUT2D eigenvalue weighted by molar-refractivity contribution is -0.870. The van der Waals surface area contributed by atoms with Crippen LogP contribution in [-0.4, -0.2) is 68.5 Å². The van der Waals surface area contributed by atoms with Crippen molar-refractivity contribution in [2.45, 2.75) is 161 Å². The van der Waals surface area contributed by atoms with Gasteiger partial charge in [-0.25, -0.2) is 0 Å². The van der Waals surface area contributed by atoms with Gasteiger partial charge < -0.3 is 28.8 Å². The molecule has 1 amide bonds. The van der Waals surface area contributed by atoms with E-state index in [1.54, 1.807) is 6.08 Å². The largest absolute Gasteiger partial charge is 0.756 e. The van der Waals surface area contributed by atoms with Crippen molar-refractivity contribution in [1.29, 1.82) is 0 Å². The molecule has 0 radical (unpaired) electrons. The average molecular weight is 763 g/mol. The van der Waals surface area contributed by atoms with E-state index in [4.69, 9.17) is 9.05 Å². The molecule has 8 nitrogen and oxygen atoms in total. The highest BCUT2D eigenvalue weighted by atomic mass is 31.2. The smallest absolute Gasteiger partial charge is 0.268 e. The zero-order chi connectivity index (χ0) is 39.3. The maximum absolute atomic E-state index is 12.8. The van der Waals surface area contributed by atoms with Gasteiger partial charge in [-0.3, -0.25) is 9.36 Å². The molecule has 0 aliphatic rings. The van der Waals surface area contributed by atoms with Crippen LogP contribution in [0.4, 0.5) is 0 Å². The molecule has 0 aliphatic carbocycles. The molecule has 53 heavy (non-hydrogen) atoms. The number of aliphatic hydroxyl groups is 1. The third kappa shape index (κ3) is 38.0. The van der Waals surface area contributed by atoms with Crippen molar-refractivity contribution in [1.82, 2.24) is 5.32 Å². The fourth-order valence-corrected chi connectivity index (χ4v) is 6.00. The molecule has 0 aromatic heterocycles. The Hall–Kier alpha value is -2.06. The third-order valence-corrected chi connectivity index (χ3v) is 9.60. The first kappa shape index (κ1) is 50.9. The van der Waals surface area contributed by atoms with E-state index < -0.39 is 26.6 Å². The average Bonchev–Trinajstić information content (AvgIpc) is 3.10. The Morgan fingerprint density at radius 2 is 1.11 bits per heavy atom. The van der Waals surface area contributed by atoms with Crippen molar-refractivity contribution < 1.29 is 32.9 Å². The summed E-state index contributed by atoms with van der Waals surface area (Å²) in [6.45, 7) is 4.51. The molecule has 0 rings (SSSR count). The fraction of sp³-hybridized carbons (Fsp3) is 0.705. The molecule has 1 unspecified atom stereocenters. The van der Waals surface area contributed by atoms with Crippen LogP contribution in [0.1, 0.15) is 149 Å². The zero-order valence-corrected chi connectivity index (χ0v) is 35.3. The molecule has 0 bridgehead atoms. The van der Waals surface area contributed by atoms with E-state index in [0.29, 0.717) is 17.4 Å². The van der Waals surface area contributed by atoms with Crippen molar-refractivity contribution >= 4 is 13.7 Å². The number of likely N-dealkylation sites (N-methyl/N-ethyl adjacent to an activating group) is 1. The van der Waals surface area contributed by atoms with E-state index in [-0.39, 0.29) is 18.9 Å². The molecule has 0 aliphatic heterocycles. The van der Waals surface area contributed by atoms with Crippen LogP contribution in [0.5, 0.6) is 0 Å². The lowest BCUT2D eigenvalue weighted by Crippen LogP contribution is -2.45. The Bertz CT molecular complexity index is 1090. The number of rotatable bonds is 36. The minimum atomic E-state index is -4.61. The molecule has 2 N–H and O–H groups in total. The van der Waals surface area contributed by atoms with Crippen LogP contribution < -0.4 is 10.2 Å². The number of phosphoric acid groups is 1. The lowest BCUT2D eigenvalue weighted by Gasteiger charge is -2.29. The molecule has 0 saturated heterocycles. The van der Waals surface area contributed by atoms with Gasteiger partial charge in [0.05, 0.1) is 39.9 Å². The van der Waals surface area contributed by atoms with Crippen LogP contribution in [0.15, 0.2) is 72.9 Å². The minimum absolute atomic E-state index is 0.0203. The fourth-order valence-electron chi connectivity index (χ4n) is 5.28. The predicted molar refractivity (Wildman–Crippen MR) is 223 cm³/mol. The molecule has 0 spiro atoms. The summed E-state index contributed by atoms with van der Waals surface area (Å²) in [6.07, 6.45) is 46.8. The monoisotopic (exact) mass is 763 g/mol. The summed E-state index contributed by atoms with van der Waals surface area (Å²) in [5, 5.41) is 13.6. The Labute approximate surface area is 325 Å². The van der Waals surface area contributed by atoms with Gasteiger partial charge in [0.2, 0.25) is 5.91 Å². The number of nitrogens with zero attached hydrogens (tertiary/aromatic N) is 1. The SMILES string of the molecule is CCCCCC/C=C/CC/C=C/[C@@H](O)[C@H](COP(=O)([O-])OCC[N+](C)(C)C)NC(=O)CCC/C=C/C/C=C/C/C=C/C/C=C/CCCCCCCCC. The predicted octanol–water partition coefficient (Wildman–Crippen LogP) is 10.6. The zero-order valence-electron chi connectivity index (χ0n) is 34.4. The summed E-state index contributed by atoms with van der Waals surface area (Å²) >= 11 is 0. The molecule has 0 aromatic carbocycles. The van der Waals surface area contributed by atoms with Crippen molar-refractivity contribution in [3.8, 4) is 0 Å². The van der Waals surface area contributed by atoms with Crippen molar-refractivity contribution in [2.75, 3.05) is 40.9 Å². The van der Waals surface area contributed by atoms with Gasteiger partial charge in [-0.05, 0) is 70.6 Å². The molecule has 306 valence electrons. The standard InChI is InChI=1S/C44H79N2O6P/c1-6-8-10-12-14-16-18-19-20-21-22-23-24-25-26-27-28-30-32-34-36-38-44(48)45-42(41-52-53(49,50)51-40-39-46(3,4)5)43(47)37-35-33-31-29-17-15-13-11-9-7-2/h17,20-21,23-24,26-27,29-30,32,35,37,42-43,47H,6-16,18-19,22,25,28,31,33-34,36,38-41H2,1-5H3,(H-,45,48,49,50)/b21-20+,24-23+,27-26+,29-17+,32-30+,37-35+/t42-,43+/m0/s1. The van der Waals surface area contributed by atoms with Gasteiger partial charge in [0.1, 0.15) is 13.2 Å². The summed E-state index contributed by atoms with van der Waals surface area (Å²) in [7, 11) is 1.19. The molecule has 3 atom stereocenters. The second-order valence-corrected chi connectivity index (χ2v) is 16.4. The van der Waals surface area contributed by atoms with Crippen LogP contribution in [0.3, 0.4) is 0 Å². The quantitative estimate of drug-likeness (QED) is 0.0285. The summed E-state index contributed by atoms with van der Waals surface area (Å²) in [5.41, 5.74) is 0. The third-order valence-electron chi connectivity index (χ3n) is 8.64. The van der Waals surface area contributed by atoms with Gasteiger partial charge in [0.25, 0.3) is 7.82 Å². The van der Waals surface area contributed by atoms with Gasteiger partial charge >= 0.3 is 0 Å². The number of amides is 1. The van der Waals surface area contributed by atoms with Crippen LogP contribution in [0.2, 0.25) is 0 Å². The molecule has 9 heteroatoms. The van der Waals surface area contributed by atoms with Crippen molar-refractivity contribution in [3.63, 3.8) is 0 Å². The molecule has 0 saturated carbocycles. The maximum Gasteiger partial charge on any atom is 0.268 e. The minimum Gasteiger partial charge on any atom is -0.756 e. The van der Waals surface area contributed by atoms with Crippen LogP contribution >= 0.6 is 7.82 Å². The Morgan fingerprint density at radius 3 is 1.68 bits per heavy atom. The molecule has 0 heterocycles. The number of nitrogens with one attached hydrogen (secondary N) is 1. The lowest BCUT2D eigenvalue weighted by atomic mass is 10.1. The second-order valence-electron chi connectivity index (χ2n) is 15.0. The molecular weight excluding hydrogens is 683 g/mol. The maximum atomic E-state index is 12.8. The number of hydrogen-bond donors (Lipinski definition) is 2. The van der Waals surface area contributed by atoms with Crippen molar-refractivity contribution in [2.24, 2.45) is 0 Å². The first-order valence-electron chi connectivity index (χ1n) is 20.8. The van der Waals surface area contributed by atoms with Crippen LogP contribution in [0.25, 0.3) is 0 Å². The summed E-state index contributed by atoms with van der Waals surface area (Å²) in [4.78, 5) is 25.2. The van der Waals surface area contributed by atoms with E-state index >= 15 is 0 Å². The Kier molecular flexibility index (Phi) is 34.2. The first-order valence-corrected chi connectivity index (χ1v) is 22.3. The number of phosphoric ester groups is 1. The van der Waals surface area contributed by atoms with E-state index in [1.165, 1.54) is 77.0 Å². The second kappa shape index (κ2) is 35.6. The number of hydrogen-bond acceptors (Lipinski definition) is 6. The van der Waals surface area contributed by atoms with E-state index in [9.17, 15) is 19.4 Å². The van der Waals surface area contributed by atoms with Gasteiger partial charge in [0, 0.05) is 6.42 Å². The number of quaternary nitrogens is 1. The first-order chi connectivity index (χ1) is 25.5. The van der Waals surface area contributed by atoms with Gasteiger partial charge in [-0.1, -0.05) is 145 Å². The molecule has 0 fully saturated rings. The van der Waals surface area contributed by atoms with Gasteiger partial charge in [0.15, 0.2) is 0 Å². The van der Waals surface area contributed by atoms with E-state index in [2.05, 4.69) is 79.9 Å². The topological polar surface area (TPSA) is 108 Å². The Morgan fingerprint density at radius 1 is 0.660 bits per heavy atom. The molecular formula is C44H79N2O6P. The number of allylic oxidation sites excluding steroid dienone is 11. The number of carbonyl (C=O) groups is 1. The van der Waals surface area contributed by atoms with Crippen LogP contribution in [-0.2, 0) is 18.4 Å². The number of carbonyl (C=O) groups excluding carboxylic acids is 1. The summed E-state index contributed by atoms with van der Waals surface area (Å²) in [5.74, 6) is -0.267. The van der Waals surface area contributed by atoms with E-state index in [1.807, 2.05) is 27.2 Å². The summed E-state index contributed by atoms with van der Waals surface area (Å²) in [6, 6.07) is -0.933. The summed E-state index contributed by atoms with van der Waals surface area (Å²) < 4.78 is 23.0. The molecule has 0 aromatic rings. The number of aliphatic hydroxyl groups excluding tert-OH is 1. The van der Waals surface area contributed by atoms with Crippen LogP contribution in [0, 0.1) is 0 Å². The normalized spacial score (nSPS) is 15.2. The van der Waals surface area contributed by atoms with Gasteiger partial charge in [-0.2, -0.15) is 0 Å². The number of unbranched alkanes of at least 4 members (excludes halogenated alkanes) is 13. The van der Waals surface area contributed by atoms with E-state index in [0.717, 1.165) is 44.9 Å². The highest BCUT2D eigenvalue weighted by Gasteiger charge is 2.23. The van der Waals surface area contributed by atoms with Gasteiger partial charge in [-0.15, -0.1) is 0 Å². The highest BCUT2D eigenvalue weighted by molar-refractivity contribution is 7.45. The van der Waals surface area contributed by atoms with Crippen molar-refractivity contribution in [3.05, 3.63) is 72.9 Å². The highest BCUT2D eigenvalue weighted by Crippen LogP contribution is 2.38.